The summed E-state index contributed by atoms with van der Waals surface area (Å²) in [4.78, 5) is 24.9. The van der Waals surface area contributed by atoms with Crippen LogP contribution in [0.25, 0.3) is 0 Å². The van der Waals surface area contributed by atoms with Crippen molar-refractivity contribution in [2.75, 3.05) is 31.1 Å². The van der Waals surface area contributed by atoms with Gasteiger partial charge in [-0.25, -0.2) is 4.98 Å². The first kappa shape index (κ1) is 14.3. The van der Waals surface area contributed by atoms with Crippen molar-refractivity contribution in [3.05, 3.63) is 18.6 Å². The van der Waals surface area contributed by atoms with Crippen LogP contribution in [0, 0.1) is 5.92 Å². The predicted octanol–water partition coefficient (Wildman–Crippen LogP) is 0.643. The van der Waals surface area contributed by atoms with Gasteiger partial charge in [0.05, 0.1) is 6.20 Å². The summed E-state index contributed by atoms with van der Waals surface area (Å²) in [6.07, 6.45) is 9.11. The third kappa shape index (κ3) is 3.32. The van der Waals surface area contributed by atoms with E-state index in [1.165, 1.54) is 6.42 Å². The Labute approximate surface area is 125 Å². The molecule has 2 heterocycles. The lowest BCUT2D eigenvalue weighted by molar-refractivity contribution is -0.132. The Balaban J connectivity index is 1.50. The van der Waals surface area contributed by atoms with Crippen molar-refractivity contribution < 1.29 is 4.79 Å². The van der Waals surface area contributed by atoms with Crippen LogP contribution in [0.15, 0.2) is 18.6 Å². The van der Waals surface area contributed by atoms with E-state index in [4.69, 9.17) is 5.73 Å². The Kier molecular flexibility index (Phi) is 4.34. The molecule has 1 amide bonds. The number of hydrogen-bond donors (Lipinski definition) is 1. The van der Waals surface area contributed by atoms with Gasteiger partial charge in [0.2, 0.25) is 5.91 Å². The highest BCUT2D eigenvalue weighted by atomic mass is 16.2. The largest absolute Gasteiger partial charge is 0.352 e. The predicted molar refractivity (Wildman–Crippen MR) is 80.8 cm³/mol. The zero-order valence-corrected chi connectivity index (χ0v) is 12.3. The molecule has 0 radical (unpaired) electrons. The number of carbonyl (C=O) groups is 1. The first-order chi connectivity index (χ1) is 10.2. The van der Waals surface area contributed by atoms with Crippen LogP contribution in [0.1, 0.15) is 25.7 Å². The highest BCUT2D eigenvalue weighted by Gasteiger charge is 2.29. The lowest BCUT2D eigenvalue weighted by atomic mass is 9.99. The number of piperazine rings is 1. The van der Waals surface area contributed by atoms with Crippen LogP contribution in [-0.4, -0.2) is 53.0 Å². The van der Waals surface area contributed by atoms with E-state index < -0.39 is 0 Å². The quantitative estimate of drug-likeness (QED) is 0.884. The van der Waals surface area contributed by atoms with Gasteiger partial charge in [0.25, 0.3) is 0 Å². The highest BCUT2D eigenvalue weighted by Crippen LogP contribution is 2.27. The Morgan fingerprint density at radius 1 is 1.24 bits per heavy atom. The molecule has 1 aliphatic heterocycles. The molecule has 3 rings (SSSR count). The molecule has 1 saturated carbocycles. The Hall–Kier alpha value is -1.69. The summed E-state index contributed by atoms with van der Waals surface area (Å²) in [5.41, 5.74) is 6.06. The van der Waals surface area contributed by atoms with Gasteiger partial charge in [0, 0.05) is 51.0 Å². The van der Waals surface area contributed by atoms with Gasteiger partial charge in [-0.3, -0.25) is 9.78 Å². The topological polar surface area (TPSA) is 75.4 Å². The van der Waals surface area contributed by atoms with Crippen LogP contribution in [0.4, 0.5) is 5.82 Å². The van der Waals surface area contributed by atoms with Crippen molar-refractivity contribution in [2.24, 2.45) is 11.7 Å². The number of hydrogen-bond acceptors (Lipinski definition) is 5. The van der Waals surface area contributed by atoms with Crippen LogP contribution >= 0.6 is 0 Å². The summed E-state index contributed by atoms with van der Waals surface area (Å²) in [6.45, 7) is 3.16. The number of nitrogens with zero attached hydrogens (tertiary/aromatic N) is 4. The van der Waals surface area contributed by atoms with Crippen molar-refractivity contribution in [2.45, 2.75) is 31.7 Å². The maximum atomic E-state index is 12.4. The van der Waals surface area contributed by atoms with Gasteiger partial charge in [0.1, 0.15) is 5.82 Å². The van der Waals surface area contributed by atoms with Crippen molar-refractivity contribution in [3.63, 3.8) is 0 Å². The highest BCUT2D eigenvalue weighted by molar-refractivity contribution is 5.77. The number of rotatable bonds is 3. The number of amides is 1. The van der Waals surface area contributed by atoms with Gasteiger partial charge in [-0.1, -0.05) is 6.42 Å². The summed E-state index contributed by atoms with van der Waals surface area (Å²) >= 11 is 0. The molecule has 0 bridgehead atoms. The first-order valence-corrected chi connectivity index (χ1v) is 7.78. The van der Waals surface area contributed by atoms with Crippen molar-refractivity contribution in [3.8, 4) is 0 Å². The molecule has 0 unspecified atom stereocenters. The van der Waals surface area contributed by atoms with E-state index >= 15 is 0 Å². The molecule has 6 nitrogen and oxygen atoms in total. The minimum atomic E-state index is 0.217. The van der Waals surface area contributed by atoms with E-state index in [2.05, 4.69) is 14.9 Å². The standard InChI is InChI=1S/C15H23N5O/c16-13-3-1-2-12(13)10-15(21)20-8-6-19(7-9-20)14-11-17-4-5-18-14/h4-5,11-13H,1-3,6-10,16H2/t12-,13+/m0/s1. The van der Waals surface area contributed by atoms with E-state index in [-0.39, 0.29) is 11.9 Å². The van der Waals surface area contributed by atoms with Gasteiger partial charge in [-0.15, -0.1) is 0 Å². The van der Waals surface area contributed by atoms with Crippen LogP contribution < -0.4 is 10.6 Å². The van der Waals surface area contributed by atoms with Crippen LogP contribution in [-0.2, 0) is 4.79 Å². The summed E-state index contributed by atoms with van der Waals surface area (Å²) in [7, 11) is 0. The average Bonchev–Trinajstić information content (AvgIpc) is 2.93. The van der Waals surface area contributed by atoms with Crippen molar-refractivity contribution in [1.29, 1.82) is 0 Å². The molecule has 2 N–H and O–H groups in total. The summed E-state index contributed by atoms with van der Waals surface area (Å²) in [5, 5.41) is 0. The Morgan fingerprint density at radius 2 is 2.05 bits per heavy atom. The molecule has 2 fully saturated rings. The normalized spacial score (nSPS) is 26.1. The smallest absolute Gasteiger partial charge is 0.223 e. The fourth-order valence-corrected chi connectivity index (χ4v) is 3.31. The molecule has 0 spiro atoms. The average molecular weight is 289 g/mol. The molecule has 2 atom stereocenters. The summed E-state index contributed by atoms with van der Waals surface area (Å²) < 4.78 is 0. The molecular formula is C15H23N5O. The Morgan fingerprint density at radius 3 is 2.67 bits per heavy atom. The first-order valence-electron chi connectivity index (χ1n) is 7.78. The molecule has 6 heteroatoms. The maximum absolute atomic E-state index is 12.4. The van der Waals surface area contributed by atoms with E-state index in [0.29, 0.717) is 12.3 Å². The van der Waals surface area contributed by atoms with Gasteiger partial charge in [0.15, 0.2) is 0 Å². The lowest BCUT2D eigenvalue weighted by Gasteiger charge is -2.35. The van der Waals surface area contributed by atoms with E-state index in [1.807, 2.05) is 4.90 Å². The Bertz CT molecular complexity index is 472. The van der Waals surface area contributed by atoms with Crippen LogP contribution in [0.2, 0.25) is 0 Å². The number of carbonyl (C=O) groups excluding carboxylic acids is 1. The fourth-order valence-electron chi connectivity index (χ4n) is 3.31. The van der Waals surface area contributed by atoms with Crippen molar-refractivity contribution in [1.82, 2.24) is 14.9 Å². The minimum Gasteiger partial charge on any atom is -0.352 e. The maximum Gasteiger partial charge on any atom is 0.223 e. The second-order valence-corrected chi connectivity index (χ2v) is 5.99. The van der Waals surface area contributed by atoms with E-state index in [1.54, 1.807) is 18.6 Å². The number of anilines is 1. The SMILES string of the molecule is N[C@@H]1CCC[C@H]1CC(=O)N1CCN(c2cnccn2)CC1. The van der Waals surface area contributed by atoms with Gasteiger partial charge >= 0.3 is 0 Å². The van der Waals surface area contributed by atoms with Crippen molar-refractivity contribution >= 4 is 11.7 Å². The fraction of sp³-hybridized carbons (Fsp3) is 0.667. The third-order valence-electron chi connectivity index (χ3n) is 4.66. The number of aromatic nitrogens is 2. The number of nitrogens with two attached hydrogens (primary N) is 1. The molecule has 114 valence electrons. The van der Waals surface area contributed by atoms with Gasteiger partial charge < -0.3 is 15.5 Å². The molecule has 2 aliphatic rings. The summed E-state index contributed by atoms with van der Waals surface area (Å²) in [5.74, 6) is 1.54. The lowest BCUT2D eigenvalue weighted by Crippen LogP contribution is -2.49. The van der Waals surface area contributed by atoms with E-state index in [0.717, 1.165) is 44.8 Å². The second kappa shape index (κ2) is 6.39. The molecule has 1 saturated heterocycles. The minimum absolute atomic E-state index is 0.217. The molecule has 1 aromatic rings. The van der Waals surface area contributed by atoms with Crippen LogP contribution in [0.5, 0.6) is 0 Å². The van der Waals surface area contributed by atoms with Gasteiger partial charge in [-0.05, 0) is 18.8 Å². The van der Waals surface area contributed by atoms with Crippen LogP contribution in [0.3, 0.4) is 0 Å². The zero-order valence-electron chi connectivity index (χ0n) is 12.3. The zero-order chi connectivity index (χ0) is 14.7. The molecule has 1 aliphatic carbocycles. The third-order valence-corrected chi connectivity index (χ3v) is 4.66. The van der Waals surface area contributed by atoms with Gasteiger partial charge in [-0.2, -0.15) is 0 Å². The summed E-state index contributed by atoms with van der Waals surface area (Å²) in [6, 6.07) is 0.217. The molecular weight excluding hydrogens is 266 g/mol. The second-order valence-electron chi connectivity index (χ2n) is 5.99. The molecule has 1 aromatic heterocycles. The molecule has 21 heavy (non-hydrogen) atoms. The monoisotopic (exact) mass is 289 g/mol. The molecule has 0 aromatic carbocycles. The van der Waals surface area contributed by atoms with E-state index in [9.17, 15) is 4.79 Å².